The summed E-state index contributed by atoms with van der Waals surface area (Å²) in [6, 6.07) is 9.41. The van der Waals surface area contributed by atoms with Crippen LogP contribution in [0.4, 0.5) is 0 Å². The van der Waals surface area contributed by atoms with E-state index < -0.39 is 0 Å². The molecule has 3 nitrogen and oxygen atoms in total. The van der Waals surface area contributed by atoms with Crippen LogP contribution in [-0.2, 0) is 0 Å². The van der Waals surface area contributed by atoms with Gasteiger partial charge in [-0.05, 0) is 24.3 Å². The van der Waals surface area contributed by atoms with Crippen LogP contribution in [0, 0.1) is 6.92 Å². The Labute approximate surface area is 82.3 Å². The molecule has 0 unspecified atom stereocenters. The Bertz CT molecular complexity index is 417. The van der Waals surface area contributed by atoms with Crippen LogP contribution < -0.4 is 4.74 Å². The van der Waals surface area contributed by atoms with Gasteiger partial charge in [-0.25, -0.2) is 0 Å². The lowest BCUT2D eigenvalue weighted by atomic mass is 10.1. The maximum atomic E-state index is 5.05. The number of nitrogens with zero attached hydrogens (tertiary/aromatic N) is 1. The standard InChI is InChI=1S/C11H10NO2/c1-8-7-11(12-14-8)9-3-5-10(13-2)6-4-9/h3-7H,1H2,2H3. The van der Waals surface area contributed by atoms with E-state index in [1.54, 1.807) is 13.2 Å². The molecule has 0 fully saturated rings. The summed E-state index contributed by atoms with van der Waals surface area (Å²) in [5.74, 6) is 1.39. The highest BCUT2D eigenvalue weighted by atomic mass is 16.5. The number of hydrogen-bond acceptors (Lipinski definition) is 3. The molecular formula is C11H10NO2. The minimum Gasteiger partial charge on any atom is -0.497 e. The molecule has 14 heavy (non-hydrogen) atoms. The van der Waals surface area contributed by atoms with Gasteiger partial charge >= 0.3 is 0 Å². The van der Waals surface area contributed by atoms with Crippen LogP contribution in [0.5, 0.6) is 5.75 Å². The van der Waals surface area contributed by atoms with E-state index in [4.69, 9.17) is 9.26 Å². The predicted octanol–water partition coefficient (Wildman–Crippen LogP) is 2.53. The lowest BCUT2D eigenvalue weighted by Gasteiger charge is -1.99. The molecule has 0 atom stereocenters. The molecule has 0 bridgehead atoms. The van der Waals surface area contributed by atoms with Gasteiger partial charge < -0.3 is 9.26 Å². The molecule has 0 aliphatic carbocycles. The topological polar surface area (TPSA) is 35.3 Å². The average molecular weight is 188 g/mol. The lowest BCUT2D eigenvalue weighted by Crippen LogP contribution is -1.82. The average Bonchev–Trinajstić information content (AvgIpc) is 2.65. The van der Waals surface area contributed by atoms with Crippen molar-refractivity contribution in [3.8, 4) is 17.0 Å². The highest BCUT2D eigenvalue weighted by Gasteiger charge is 2.03. The summed E-state index contributed by atoms with van der Waals surface area (Å²) in [5.41, 5.74) is 1.78. The van der Waals surface area contributed by atoms with Crippen molar-refractivity contribution in [1.29, 1.82) is 0 Å². The Kier molecular flexibility index (Phi) is 2.23. The Hall–Kier alpha value is -1.77. The summed E-state index contributed by atoms with van der Waals surface area (Å²) in [6.07, 6.45) is 0. The molecule has 0 spiro atoms. The minimum atomic E-state index is 0.566. The summed E-state index contributed by atoms with van der Waals surface area (Å²) in [5, 5.41) is 3.86. The molecule has 0 saturated carbocycles. The van der Waals surface area contributed by atoms with Gasteiger partial charge in [0.25, 0.3) is 0 Å². The van der Waals surface area contributed by atoms with Crippen molar-refractivity contribution < 1.29 is 9.26 Å². The van der Waals surface area contributed by atoms with E-state index in [-0.39, 0.29) is 0 Å². The Morgan fingerprint density at radius 1 is 1.29 bits per heavy atom. The molecule has 2 rings (SSSR count). The van der Waals surface area contributed by atoms with E-state index in [1.807, 2.05) is 24.3 Å². The van der Waals surface area contributed by atoms with Crippen LogP contribution in [0.1, 0.15) is 5.76 Å². The normalized spacial score (nSPS) is 10.1. The molecule has 0 amide bonds. The number of aromatic nitrogens is 1. The summed E-state index contributed by atoms with van der Waals surface area (Å²) < 4.78 is 9.94. The number of rotatable bonds is 2. The van der Waals surface area contributed by atoms with Crippen molar-refractivity contribution in [2.45, 2.75) is 0 Å². The van der Waals surface area contributed by atoms with Gasteiger partial charge in [0.15, 0.2) is 0 Å². The SMILES string of the molecule is [CH2]c1cc(-c2ccc(OC)cc2)no1. The van der Waals surface area contributed by atoms with Gasteiger partial charge in [-0.3, -0.25) is 0 Å². The fourth-order valence-electron chi connectivity index (χ4n) is 1.21. The second kappa shape index (κ2) is 3.54. The quantitative estimate of drug-likeness (QED) is 0.726. The van der Waals surface area contributed by atoms with Gasteiger partial charge in [0, 0.05) is 18.6 Å². The van der Waals surface area contributed by atoms with Gasteiger partial charge in [0.1, 0.15) is 17.2 Å². The molecule has 1 heterocycles. The third-order valence-corrected chi connectivity index (χ3v) is 1.94. The predicted molar refractivity (Wildman–Crippen MR) is 53.0 cm³/mol. The smallest absolute Gasteiger partial charge is 0.137 e. The van der Waals surface area contributed by atoms with E-state index >= 15 is 0 Å². The summed E-state index contributed by atoms with van der Waals surface area (Å²) in [4.78, 5) is 0. The van der Waals surface area contributed by atoms with Gasteiger partial charge in [0.05, 0.1) is 7.11 Å². The molecule has 3 heteroatoms. The van der Waals surface area contributed by atoms with Crippen molar-refractivity contribution in [3.05, 3.63) is 43.0 Å². The highest BCUT2D eigenvalue weighted by molar-refractivity contribution is 5.59. The van der Waals surface area contributed by atoms with Crippen LogP contribution in [-0.4, -0.2) is 12.3 Å². The third kappa shape index (κ3) is 1.62. The fraction of sp³-hybridized carbons (Fsp3) is 0.0909. The summed E-state index contributed by atoms with van der Waals surface area (Å²) >= 11 is 0. The molecule has 0 N–H and O–H groups in total. The molecular weight excluding hydrogens is 178 g/mol. The Morgan fingerprint density at radius 3 is 2.50 bits per heavy atom. The molecule has 71 valence electrons. The molecule has 0 saturated heterocycles. The number of hydrogen-bond donors (Lipinski definition) is 0. The first kappa shape index (κ1) is 8.81. The molecule has 0 aliphatic rings. The highest BCUT2D eigenvalue weighted by Crippen LogP contribution is 2.21. The third-order valence-electron chi connectivity index (χ3n) is 1.94. The van der Waals surface area contributed by atoms with E-state index in [0.29, 0.717) is 5.76 Å². The van der Waals surface area contributed by atoms with Crippen LogP contribution >= 0.6 is 0 Å². The van der Waals surface area contributed by atoms with Crippen molar-refractivity contribution in [3.63, 3.8) is 0 Å². The van der Waals surface area contributed by atoms with Crippen molar-refractivity contribution >= 4 is 0 Å². The monoisotopic (exact) mass is 188 g/mol. The second-order valence-corrected chi connectivity index (χ2v) is 2.91. The number of ether oxygens (including phenoxy) is 1. The fourth-order valence-corrected chi connectivity index (χ4v) is 1.21. The molecule has 1 radical (unpaired) electrons. The first-order valence-electron chi connectivity index (χ1n) is 4.22. The zero-order valence-corrected chi connectivity index (χ0v) is 7.86. The van der Waals surface area contributed by atoms with E-state index in [2.05, 4.69) is 12.1 Å². The maximum absolute atomic E-state index is 5.05. The largest absolute Gasteiger partial charge is 0.497 e. The zero-order chi connectivity index (χ0) is 9.97. The van der Waals surface area contributed by atoms with Crippen molar-refractivity contribution in [2.24, 2.45) is 0 Å². The second-order valence-electron chi connectivity index (χ2n) is 2.91. The maximum Gasteiger partial charge on any atom is 0.137 e. The van der Waals surface area contributed by atoms with Crippen LogP contribution in [0.3, 0.4) is 0 Å². The van der Waals surface area contributed by atoms with E-state index in [0.717, 1.165) is 17.0 Å². The van der Waals surface area contributed by atoms with Crippen molar-refractivity contribution in [1.82, 2.24) is 5.16 Å². The van der Waals surface area contributed by atoms with Gasteiger partial charge in [-0.2, -0.15) is 0 Å². The summed E-state index contributed by atoms with van der Waals surface area (Å²) in [6.45, 7) is 3.65. The first-order valence-corrected chi connectivity index (χ1v) is 4.22. The zero-order valence-electron chi connectivity index (χ0n) is 7.86. The molecule has 2 aromatic rings. The van der Waals surface area contributed by atoms with Crippen LogP contribution in [0.2, 0.25) is 0 Å². The number of benzene rings is 1. The number of methoxy groups -OCH3 is 1. The Morgan fingerprint density at radius 2 is 2.00 bits per heavy atom. The van der Waals surface area contributed by atoms with Crippen LogP contribution in [0.15, 0.2) is 34.9 Å². The molecule has 1 aromatic carbocycles. The molecule has 0 aliphatic heterocycles. The lowest BCUT2D eigenvalue weighted by molar-refractivity contribution is 0.409. The van der Waals surface area contributed by atoms with Gasteiger partial charge in [-0.1, -0.05) is 5.16 Å². The van der Waals surface area contributed by atoms with Gasteiger partial charge in [-0.15, -0.1) is 0 Å². The van der Waals surface area contributed by atoms with Crippen molar-refractivity contribution in [2.75, 3.05) is 7.11 Å². The Balaban J connectivity index is 2.33. The van der Waals surface area contributed by atoms with E-state index in [1.165, 1.54) is 0 Å². The first-order chi connectivity index (χ1) is 6.79. The van der Waals surface area contributed by atoms with E-state index in [9.17, 15) is 0 Å². The minimum absolute atomic E-state index is 0.566. The summed E-state index contributed by atoms with van der Waals surface area (Å²) in [7, 11) is 1.64. The van der Waals surface area contributed by atoms with Gasteiger partial charge in [0.2, 0.25) is 0 Å². The molecule has 1 aromatic heterocycles. The van der Waals surface area contributed by atoms with Crippen LogP contribution in [0.25, 0.3) is 11.3 Å².